The molecule has 1 amide bonds. The summed E-state index contributed by atoms with van der Waals surface area (Å²) in [6.45, 7) is 0.830. The van der Waals surface area contributed by atoms with Crippen molar-refractivity contribution in [3.8, 4) is 0 Å². The number of thioether (sulfide) groups is 1. The normalized spacial score (nSPS) is 13.2. The van der Waals surface area contributed by atoms with Crippen LogP contribution in [0, 0.1) is 0 Å². The van der Waals surface area contributed by atoms with Gasteiger partial charge in [-0.15, -0.1) is 0 Å². The SMILES string of the molecule is O=C(CCSCCc1ccccn1)N1CCc2ccccc21. The van der Waals surface area contributed by atoms with Gasteiger partial charge >= 0.3 is 0 Å². The monoisotopic (exact) mass is 312 g/mol. The van der Waals surface area contributed by atoms with E-state index >= 15 is 0 Å². The van der Waals surface area contributed by atoms with E-state index in [1.54, 1.807) is 0 Å². The van der Waals surface area contributed by atoms with Crippen LogP contribution in [0.1, 0.15) is 17.7 Å². The molecular weight excluding hydrogens is 292 g/mol. The Bertz CT molecular complexity index is 630. The Morgan fingerprint density at radius 2 is 2.00 bits per heavy atom. The highest BCUT2D eigenvalue weighted by atomic mass is 32.2. The number of rotatable bonds is 6. The Morgan fingerprint density at radius 1 is 1.14 bits per heavy atom. The fourth-order valence-electron chi connectivity index (χ4n) is 2.72. The van der Waals surface area contributed by atoms with Gasteiger partial charge in [0.15, 0.2) is 0 Å². The first-order valence-electron chi connectivity index (χ1n) is 7.70. The number of hydrogen-bond donors (Lipinski definition) is 0. The Labute approximate surface area is 135 Å². The summed E-state index contributed by atoms with van der Waals surface area (Å²) in [6, 6.07) is 14.2. The van der Waals surface area contributed by atoms with Crippen LogP contribution in [0.4, 0.5) is 5.69 Å². The molecular formula is C18H20N2OS. The summed E-state index contributed by atoms with van der Waals surface area (Å²) in [5, 5.41) is 0. The number of carbonyl (C=O) groups is 1. The molecule has 0 saturated heterocycles. The molecule has 3 nitrogen and oxygen atoms in total. The average Bonchev–Trinajstić information content (AvgIpc) is 2.99. The quantitative estimate of drug-likeness (QED) is 0.767. The number of aromatic nitrogens is 1. The van der Waals surface area contributed by atoms with E-state index in [2.05, 4.69) is 17.1 Å². The van der Waals surface area contributed by atoms with E-state index in [4.69, 9.17) is 0 Å². The van der Waals surface area contributed by atoms with Crippen LogP contribution in [0.15, 0.2) is 48.7 Å². The molecule has 1 aliphatic heterocycles. The highest BCUT2D eigenvalue weighted by Crippen LogP contribution is 2.28. The number of hydrogen-bond acceptors (Lipinski definition) is 3. The highest BCUT2D eigenvalue weighted by molar-refractivity contribution is 7.99. The van der Waals surface area contributed by atoms with Gasteiger partial charge in [-0.25, -0.2) is 0 Å². The van der Waals surface area contributed by atoms with Crippen molar-refractivity contribution in [1.82, 2.24) is 4.98 Å². The zero-order valence-corrected chi connectivity index (χ0v) is 13.4. The predicted octanol–water partition coefficient (Wildman–Crippen LogP) is 3.34. The molecule has 0 radical (unpaired) electrons. The van der Waals surface area contributed by atoms with Gasteiger partial charge in [0.1, 0.15) is 0 Å². The number of carbonyl (C=O) groups excluding carboxylic acids is 1. The third kappa shape index (κ3) is 3.69. The van der Waals surface area contributed by atoms with Crippen LogP contribution in [0.25, 0.3) is 0 Å². The number of amides is 1. The second-order valence-electron chi connectivity index (χ2n) is 5.36. The predicted molar refractivity (Wildman–Crippen MR) is 92.4 cm³/mol. The number of para-hydroxylation sites is 1. The van der Waals surface area contributed by atoms with Gasteiger partial charge in [-0.2, -0.15) is 11.8 Å². The highest BCUT2D eigenvalue weighted by Gasteiger charge is 2.23. The van der Waals surface area contributed by atoms with Gasteiger partial charge in [-0.05, 0) is 42.4 Å². The van der Waals surface area contributed by atoms with E-state index in [0.29, 0.717) is 6.42 Å². The maximum absolute atomic E-state index is 12.3. The molecule has 3 rings (SSSR count). The standard InChI is InChI=1S/C18H20N2OS/c21-18(20-12-8-15-5-1-2-7-17(15)20)10-14-22-13-9-16-6-3-4-11-19-16/h1-7,11H,8-10,12-14H2. The Balaban J connectivity index is 1.40. The minimum absolute atomic E-state index is 0.246. The first-order chi connectivity index (χ1) is 10.8. The zero-order chi connectivity index (χ0) is 15.2. The zero-order valence-electron chi connectivity index (χ0n) is 12.6. The van der Waals surface area contributed by atoms with Crippen molar-refractivity contribution in [3.63, 3.8) is 0 Å². The summed E-state index contributed by atoms with van der Waals surface area (Å²) in [5.74, 6) is 2.14. The third-order valence-electron chi connectivity index (χ3n) is 3.88. The Hall–Kier alpha value is -1.81. The van der Waals surface area contributed by atoms with E-state index in [9.17, 15) is 4.79 Å². The van der Waals surface area contributed by atoms with E-state index in [0.717, 1.165) is 42.3 Å². The first-order valence-corrected chi connectivity index (χ1v) is 8.86. The molecule has 1 aromatic carbocycles. The molecule has 2 aromatic rings. The van der Waals surface area contributed by atoms with Gasteiger partial charge in [0.25, 0.3) is 0 Å². The first kappa shape index (κ1) is 15.1. The van der Waals surface area contributed by atoms with Crippen molar-refractivity contribution in [2.45, 2.75) is 19.3 Å². The van der Waals surface area contributed by atoms with Gasteiger partial charge in [0, 0.05) is 36.3 Å². The molecule has 114 valence electrons. The third-order valence-corrected chi connectivity index (χ3v) is 4.86. The molecule has 0 N–H and O–H groups in total. The fraction of sp³-hybridized carbons (Fsp3) is 0.333. The van der Waals surface area contributed by atoms with Gasteiger partial charge in [-0.3, -0.25) is 9.78 Å². The van der Waals surface area contributed by atoms with Crippen LogP contribution in [-0.2, 0) is 17.6 Å². The lowest BCUT2D eigenvalue weighted by atomic mass is 10.2. The van der Waals surface area contributed by atoms with Crippen LogP contribution < -0.4 is 4.90 Å². The number of fused-ring (bicyclic) bond motifs is 1. The molecule has 1 aliphatic rings. The molecule has 0 fully saturated rings. The number of anilines is 1. The van der Waals surface area contributed by atoms with Crippen LogP contribution in [0.5, 0.6) is 0 Å². The summed E-state index contributed by atoms with van der Waals surface area (Å²) in [5.41, 5.74) is 3.51. The van der Waals surface area contributed by atoms with Crippen molar-refractivity contribution in [3.05, 3.63) is 59.9 Å². The molecule has 2 heterocycles. The van der Waals surface area contributed by atoms with Crippen molar-refractivity contribution in [2.75, 3.05) is 23.0 Å². The van der Waals surface area contributed by atoms with Gasteiger partial charge < -0.3 is 4.90 Å². The summed E-state index contributed by atoms with van der Waals surface area (Å²) in [7, 11) is 0. The molecule has 0 saturated carbocycles. The lowest BCUT2D eigenvalue weighted by molar-refractivity contribution is -0.118. The number of aryl methyl sites for hydroxylation is 1. The molecule has 0 unspecified atom stereocenters. The van der Waals surface area contributed by atoms with Crippen molar-refractivity contribution in [2.24, 2.45) is 0 Å². The summed E-state index contributed by atoms with van der Waals surface area (Å²) in [6.07, 6.45) is 4.39. The van der Waals surface area contributed by atoms with Gasteiger partial charge in [-0.1, -0.05) is 24.3 Å². The van der Waals surface area contributed by atoms with Crippen LogP contribution in [-0.4, -0.2) is 28.9 Å². The number of benzene rings is 1. The summed E-state index contributed by atoms with van der Waals surface area (Å²) >= 11 is 1.83. The van der Waals surface area contributed by atoms with E-state index < -0.39 is 0 Å². The van der Waals surface area contributed by atoms with E-state index in [-0.39, 0.29) is 5.91 Å². The van der Waals surface area contributed by atoms with Crippen molar-refractivity contribution < 1.29 is 4.79 Å². The smallest absolute Gasteiger partial charge is 0.227 e. The summed E-state index contributed by atoms with van der Waals surface area (Å²) in [4.78, 5) is 18.6. The van der Waals surface area contributed by atoms with Crippen LogP contribution in [0.3, 0.4) is 0 Å². The second-order valence-corrected chi connectivity index (χ2v) is 6.58. The van der Waals surface area contributed by atoms with Crippen molar-refractivity contribution in [1.29, 1.82) is 0 Å². The molecule has 0 bridgehead atoms. The molecule has 4 heteroatoms. The topological polar surface area (TPSA) is 33.2 Å². The Morgan fingerprint density at radius 3 is 2.86 bits per heavy atom. The van der Waals surface area contributed by atoms with Gasteiger partial charge in [0.05, 0.1) is 0 Å². The fourth-order valence-corrected chi connectivity index (χ4v) is 3.59. The van der Waals surface area contributed by atoms with E-state index in [1.807, 2.05) is 53.2 Å². The molecule has 0 atom stereocenters. The number of pyridine rings is 1. The summed E-state index contributed by atoms with van der Waals surface area (Å²) < 4.78 is 0. The molecule has 1 aromatic heterocycles. The van der Waals surface area contributed by atoms with Gasteiger partial charge in [0.2, 0.25) is 5.91 Å². The lowest BCUT2D eigenvalue weighted by Gasteiger charge is -2.17. The molecule has 0 aliphatic carbocycles. The maximum Gasteiger partial charge on any atom is 0.227 e. The molecule has 22 heavy (non-hydrogen) atoms. The maximum atomic E-state index is 12.3. The minimum Gasteiger partial charge on any atom is -0.312 e. The largest absolute Gasteiger partial charge is 0.312 e. The second kappa shape index (κ2) is 7.45. The van der Waals surface area contributed by atoms with Crippen LogP contribution in [0.2, 0.25) is 0 Å². The Kier molecular flexibility index (Phi) is 5.11. The van der Waals surface area contributed by atoms with Crippen LogP contribution >= 0.6 is 11.8 Å². The number of nitrogens with zero attached hydrogens (tertiary/aromatic N) is 2. The molecule has 0 spiro atoms. The lowest BCUT2D eigenvalue weighted by Crippen LogP contribution is -2.29. The average molecular weight is 312 g/mol. The van der Waals surface area contributed by atoms with Crippen molar-refractivity contribution >= 4 is 23.4 Å². The minimum atomic E-state index is 0.246. The van der Waals surface area contributed by atoms with E-state index in [1.165, 1.54) is 5.56 Å².